The van der Waals surface area contributed by atoms with E-state index in [2.05, 4.69) is 12.2 Å². The van der Waals surface area contributed by atoms with Gasteiger partial charge < -0.3 is 5.32 Å². The smallest absolute Gasteiger partial charge is 0.151 e. The highest BCUT2D eigenvalue weighted by atomic mass is 32.2. The van der Waals surface area contributed by atoms with E-state index < -0.39 is 9.84 Å². The van der Waals surface area contributed by atoms with E-state index in [9.17, 15) is 8.42 Å². The zero-order valence-electron chi connectivity index (χ0n) is 12.7. The summed E-state index contributed by atoms with van der Waals surface area (Å²) >= 11 is 0. The molecule has 114 valence electrons. The minimum Gasteiger partial charge on any atom is -0.313 e. The largest absolute Gasteiger partial charge is 0.313 e. The van der Waals surface area contributed by atoms with Gasteiger partial charge in [-0.3, -0.25) is 0 Å². The molecule has 0 aliphatic heterocycles. The van der Waals surface area contributed by atoms with Crippen LogP contribution in [0.25, 0.3) is 0 Å². The lowest BCUT2D eigenvalue weighted by Gasteiger charge is -2.27. The first-order chi connectivity index (χ1) is 9.05. The average Bonchev–Trinajstić information content (AvgIpc) is 2.31. The summed E-state index contributed by atoms with van der Waals surface area (Å²) < 4.78 is 24.1. The van der Waals surface area contributed by atoms with E-state index in [1.807, 2.05) is 0 Å². The van der Waals surface area contributed by atoms with Gasteiger partial charge in [-0.1, -0.05) is 58.3 Å². The molecule has 3 nitrogen and oxygen atoms in total. The van der Waals surface area contributed by atoms with Crippen molar-refractivity contribution in [3.63, 3.8) is 0 Å². The number of nitrogens with one attached hydrogen (secondary N) is 1. The van der Waals surface area contributed by atoms with Crippen LogP contribution in [0.1, 0.15) is 71.1 Å². The standard InChI is InChI=1S/C15H31NO2S/c1-3-16-14-12-10-8-6-4-5-7-9-11-13-15(14)19(2,17)18/h14-16H,3-13H2,1-2H3. The molecule has 0 aromatic rings. The Bertz CT molecular complexity index is 327. The van der Waals surface area contributed by atoms with Crippen LogP contribution in [-0.2, 0) is 9.84 Å². The topological polar surface area (TPSA) is 46.2 Å². The average molecular weight is 289 g/mol. The summed E-state index contributed by atoms with van der Waals surface area (Å²) in [6, 6.07) is 0.152. The molecule has 0 amide bonds. The van der Waals surface area contributed by atoms with Gasteiger partial charge in [0.25, 0.3) is 0 Å². The highest BCUT2D eigenvalue weighted by Crippen LogP contribution is 2.21. The number of hydrogen-bond donors (Lipinski definition) is 1. The van der Waals surface area contributed by atoms with E-state index in [0.29, 0.717) is 0 Å². The van der Waals surface area contributed by atoms with Gasteiger partial charge in [0.05, 0.1) is 5.25 Å². The molecule has 1 rings (SSSR count). The van der Waals surface area contributed by atoms with Crippen molar-refractivity contribution in [2.24, 2.45) is 0 Å². The van der Waals surface area contributed by atoms with Crippen LogP contribution in [0.3, 0.4) is 0 Å². The monoisotopic (exact) mass is 289 g/mol. The predicted molar refractivity (Wildman–Crippen MR) is 82.3 cm³/mol. The van der Waals surface area contributed by atoms with Crippen molar-refractivity contribution in [2.45, 2.75) is 82.4 Å². The summed E-state index contributed by atoms with van der Waals surface area (Å²) in [6.45, 7) is 2.92. The second-order valence-corrected chi connectivity index (χ2v) is 8.20. The molecule has 4 heteroatoms. The van der Waals surface area contributed by atoms with E-state index in [1.165, 1.54) is 44.8 Å². The maximum Gasteiger partial charge on any atom is 0.151 e. The summed E-state index contributed by atoms with van der Waals surface area (Å²) in [5.41, 5.74) is 0. The molecule has 0 heterocycles. The van der Waals surface area contributed by atoms with Crippen LogP contribution >= 0.6 is 0 Å². The van der Waals surface area contributed by atoms with Gasteiger partial charge >= 0.3 is 0 Å². The van der Waals surface area contributed by atoms with Crippen molar-refractivity contribution < 1.29 is 8.42 Å². The molecule has 0 radical (unpaired) electrons. The quantitative estimate of drug-likeness (QED) is 0.867. The normalized spacial score (nSPS) is 28.3. The summed E-state index contributed by atoms with van der Waals surface area (Å²) in [5, 5.41) is 3.23. The Morgan fingerprint density at radius 1 is 0.895 bits per heavy atom. The lowest BCUT2D eigenvalue weighted by molar-refractivity contribution is 0.407. The number of rotatable bonds is 3. The Kier molecular flexibility index (Phi) is 8.00. The summed E-state index contributed by atoms with van der Waals surface area (Å²) in [6.07, 6.45) is 13.1. The van der Waals surface area contributed by atoms with E-state index in [4.69, 9.17) is 0 Å². The molecule has 0 aromatic carbocycles. The SMILES string of the molecule is CCNC1CCCCCCCCCCC1S(C)(=O)=O. The van der Waals surface area contributed by atoms with Crippen LogP contribution in [0.2, 0.25) is 0 Å². The lowest BCUT2D eigenvalue weighted by Crippen LogP contribution is -2.44. The fourth-order valence-electron chi connectivity index (χ4n) is 3.17. The van der Waals surface area contributed by atoms with Gasteiger partial charge in [0.15, 0.2) is 9.84 Å². The zero-order chi connectivity index (χ0) is 14.1. The molecule has 0 bridgehead atoms. The molecule has 1 aliphatic rings. The van der Waals surface area contributed by atoms with Crippen molar-refractivity contribution in [3.8, 4) is 0 Å². The van der Waals surface area contributed by atoms with Gasteiger partial charge in [-0.2, -0.15) is 0 Å². The Morgan fingerprint density at radius 3 is 1.84 bits per heavy atom. The van der Waals surface area contributed by atoms with Crippen LogP contribution in [0.4, 0.5) is 0 Å². The third-order valence-electron chi connectivity index (χ3n) is 4.22. The Balaban J connectivity index is 2.70. The Hall–Kier alpha value is -0.0900. The summed E-state index contributed by atoms with van der Waals surface area (Å²) in [4.78, 5) is 0. The van der Waals surface area contributed by atoms with E-state index in [0.717, 1.165) is 32.2 Å². The van der Waals surface area contributed by atoms with Gasteiger partial charge in [-0.25, -0.2) is 8.42 Å². The van der Waals surface area contributed by atoms with Crippen LogP contribution in [0, 0.1) is 0 Å². The first-order valence-corrected chi connectivity index (χ1v) is 9.93. The van der Waals surface area contributed by atoms with Gasteiger partial charge in [0, 0.05) is 12.3 Å². The molecule has 2 unspecified atom stereocenters. The molecule has 1 fully saturated rings. The second-order valence-electron chi connectivity index (χ2n) is 5.94. The van der Waals surface area contributed by atoms with Crippen LogP contribution in [0.5, 0.6) is 0 Å². The highest BCUT2D eigenvalue weighted by Gasteiger charge is 2.28. The molecule has 19 heavy (non-hydrogen) atoms. The molecule has 1 N–H and O–H groups in total. The molecular formula is C15H31NO2S. The first kappa shape index (κ1) is 17.0. The zero-order valence-corrected chi connectivity index (χ0v) is 13.5. The molecule has 0 saturated heterocycles. The Morgan fingerprint density at radius 2 is 1.37 bits per heavy atom. The van der Waals surface area contributed by atoms with E-state index >= 15 is 0 Å². The molecule has 1 aliphatic carbocycles. The minimum absolute atomic E-state index is 0.152. The molecule has 0 spiro atoms. The lowest BCUT2D eigenvalue weighted by atomic mass is 9.97. The van der Waals surface area contributed by atoms with Crippen molar-refractivity contribution >= 4 is 9.84 Å². The third-order valence-corrected chi connectivity index (χ3v) is 5.88. The highest BCUT2D eigenvalue weighted by molar-refractivity contribution is 7.91. The van der Waals surface area contributed by atoms with Crippen molar-refractivity contribution in [3.05, 3.63) is 0 Å². The van der Waals surface area contributed by atoms with Gasteiger partial charge in [0.2, 0.25) is 0 Å². The second kappa shape index (κ2) is 8.96. The minimum atomic E-state index is -2.95. The maximum absolute atomic E-state index is 12.0. The van der Waals surface area contributed by atoms with Crippen LogP contribution < -0.4 is 5.32 Å². The van der Waals surface area contributed by atoms with Crippen molar-refractivity contribution in [1.82, 2.24) is 5.32 Å². The van der Waals surface area contributed by atoms with Gasteiger partial charge in [0.1, 0.15) is 0 Å². The summed E-state index contributed by atoms with van der Waals surface area (Å²) in [7, 11) is -2.95. The van der Waals surface area contributed by atoms with Crippen LogP contribution in [0.15, 0.2) is 0 Å². The first-order valence-electron chi connectivity index (χ1n) is 7.98. The molecule has 0 aromatic heterocycles. The molecular weight excluding hydrogens is 258 g/mol. The van der Waals surface area contributed by atoms with Crippen molar-refractivity contribution in [1.29, 1.82) is 0 Å². The van der Waals surface area contributed by atoms with Gasteiger partial charge in [-0.05, 0) is 19.4 Å². The number of sulfone groups is 1. The fourth-order valence-corrected chi connectivity index (χ4v) is 4.59. The number of hydrogen-bond acceptors (Lipinski definition) is 3. The Labute approximate surface area is 119 Å². The van der Waals surface area contributed by atoms with Crippen molar-refractivity contribution in [2.75, 3.05) is 12.8 Å². The molecule has 2 atom stereocenters. The van der Waals surface area contributed by atoms with E-state index in [-0.39, 0.29) is 11.3 Å². The predicted octanol–water partition coefficient (Wildman–Crippen LogP) is 3.29. The third kappa shape index (κ3) is 6.75. The maximum atomic E-state index is 12.0. The fraction of sp³-hybridized carbons (Fsp3) is 1.00. The molecule has 1 saturated carbocycles. The summed E-state index contributed by atoms with van der Waals surface area (Å²) in [5.74, 6) is 0. The van der Waals surface area contributed by atoms with Gasteiger partial charge in [-0.15, -0.1) is 0 Å². The van der Waals surface area contributed by atoms with Crippen LogP contribution in [-0.4, -0.2) is 32.5 Å². The van der Waals surface area contributed by atoms with E-state index in [1.54, 1.807) is 0 Å².